The van der Waals surface area contributed by atoms with Crippen LogP contribution >= 0.6 is 0 Å². The van der Waals surface area contributed by atoms with Crippen LogP contribution in [-0.2, 0) is 0 Å². The molecule has 1 rings (SSSR count). The van der Waals surface area contributed by atoms with E-state index >= 15 is 0 Å². The lowest BCUT2D eigenvalue weighted by Crippen LogP contribution is -2.36. The van der Waals surface area contributed by atoms with Crippen LogP contribution < -0.4 is 5.32 Å². The van der Waals surface area contributed by atoms with Gasteiger partial charge in [-0.3, -0.25) is 0 Å². The number of nitrogens with one attached hydrogen (secondary N) is 1. The normalized spacial score (nSPS) is 12.8. The van der Waals surface area contributed by atoms with Crippen LogP contribution in [0.4, 0.5) is 5.82 Å². The number of carbonyl (C=O) groups is 1. The van der Waals surface area contributed by atoms with Crippen molar-refractivity contribution in [3.8, 4) is 0 Å². The summed E-state index contributed by atoms with van der Waals surface area (Å²) in [5, 5.41) is 12.3. The topological polar surface area (TPSA) is 65.5 Å². The van der Waals surface area contributed by atoms with Gasteiger partial charge in [0.1, 0.15) is 5.82 Å². The number of hydrogen-bond acceptors (Lipinski definition) is 4. The summed E-state index contributed by atoms with van der Waals surface area (Å²) in [5.74, 6) is 0.247. The zero-order valence-electron chi connectivity index (χ0n) is 12.3. The summed E-state index contributed by atoms with van der Waals surface area (Å²) in [6.07, 6.45) is 0. The SMILES string of the molecule is Cc1nc(NC(CN(C)C)C(C)C)ccc1C(=O)O. The molecule has 106 valence electrons. The largest absolute Gasteiger partial charge is 0.478 e. The third kappa shape index (κ3) is 4.52. The van der Waals surface area contributed by atoms with Crippen LogP contribution in [0, 0.1) is 12.8 Å². The molecule has 5 nitrogen and oxygen atoms in total. The van der Waals surface area contributed by atoms with Gasteiger partial charge < -0.3 is 15.3 Å². The van der Waals surface area contributed by atoms with Crippen molar-refractivity contribution in [2.24, 2.45) is 5.92 Å². The number of anilines is 1. The maximum Gasteiger partial charge on any atom is 0.337 e. The van der Waals surface area contributed by atoms with Gasteiger partial charge in [-0.2, -0.15) is 0 Å². The summed E-state index contributed by atoms with van der Waals surface area (Å²) in [4.78, 5) is 17.4. The fraction of sp³-hybridized carbons (Fsp3) is 0.571. The highest BCUT2D eigenvalue weighted by Gasteiger charge is 2.16. The Morgan fingerprint density at radius 1 is 1.42 bits per heavy atom. The first kappa shape index (κ1) is 15.4. The Labute approximate surface area is 114 Å². The molecule has 0 amide bonds. The lowest BCUT2D eigenvalue weighted by Gasteiger charge is -2.26. The van der Waals surface area contributed by atoms with E-state index in [9.17, 15) is 4.79 Å². The number of aromatic nitrogens is 1. The van der Waals surface area contributed by atoms with Gasteiger partial charge in [-0.1, -0.05) is 13.8 Å². The number of aromatic carboxylic acids is 1. The monoisotopic (exact) mass is 265 g/mol. The standard InChI is InChI=1S/C14H23N3O2/c1-9(2)12(8-17(4)5)16-13-7-6-11(14(18)19)10(3)15-13/h6-7,9,12H,8H2,1-5H3,(H,15,16)(H,18,19). The number of aryl methyl sites for hydroxylation is 1. The molecule has 1 atom stereocenters. The van der Waals surface area contributed by atoms with Gasteiger partial charge in [0, 0.05) is 12.6 Å². The molecule has 0 fully saturated rings. The fourth-order valence-electron chi connectivity index (χ4n) is 1.87. The molecule has 0 spiro atoms. The van der Waals surface area contributed by atoms with Crippen LogP contribution in [0.15, 0.2) is 12.1 Å². The summed E-state index contributed by atoms with van der Waals surface area (Å²) in [7, 11) is 4.06. The van der Waals surface area contributed by atoms with Gasteiger partial charge >= 0.3 is 5.97 Å². The summed E-state index contributed by atoms with van der Waals surface area (Å²) >= 11 is 0. The quantitative estimate of drug-likeness (QED) is 0.824. The van der Waals surface area contributed by atoms with Crippen LogP contribution in [0.1, 0.15) is 29.9 Å². The summed E-state index contributed by atoms with van der Waals surface area (Å²) in [6, 6.07) is 3.60. The molecular formula is C14H23N3O2. The fourth-order valence-corrected chi connectivity index (χ4v) is 1.87. The minimum atomic E-state index is -0.940. The number of pyridine rings is 1. The number of likely N-dealkylation sites (N-methyl/N-ethyl adjacent to an activating group) is 1. The molecule has 0 radical (unpaired) electrons. The first-order chi connectivity index (χ1) is 8.81. The van der Waals surface area contributed by atoms with E-state index in [2.05, 4.69) is 29.0 Å². The van der Waals surface area contributed by atoms with Gasteiger partial charge in [0.15, 0.2) is 0 Å². The maximum atomic E-state index is 10.9. The smallest absolute Gasteiger partial charge is 0.337 e. The predicted octanol–water partition coefficient (Wildman–Crippen LogP) is 2.09. The van der Waals surface area contributed by atoms with E-state index in [1.165, 1.54) is 0 Å². The van der Waals surface area contributed by atoms with E-state index in [1.54, 1.807) is 19.1 Å². The number of carboxylic acid groups (broad SMARTS) is 1. The molecule has 0 saturated heterocycles. The predicted molar refractivity (Wildman–Crippen MR) is 76.7 cm³/mol. The van der Waals surface area contributed by atoms with Crippen LogP contribution in [0.2, 0.25) is 0 Å². The van der Waals surface area contributed by atoms with Crippen LogP contribution in [0.25, 0.3) is 0 Å². The molecule has 1 aromatic heterocycles. The molecule has 0 saturated carbocycles. The number of rotatable bonds is 6. The van der Waals surface area contributed by atoms with Gasteiger partial charge in [-0.05, 0) is 39.1 Å². The van der Waals surface area contributed by atoms with Crippen LogP contribution in [-0.4, -0.2) is 47.6 Å². The number of carboxylic acids is 1. The summed E-state index contributed by atoms with van der Waals surface area (Å²) in [5.41, 5.74) is 0.782. The molecule has 19 heavy (non-hydrogen) atoms. The van der Waals surface area contributed by atoms with E-state index in [1.807, 2.05) is 14.1 Å². The van der Waals surface area contributed by atoms with Gasteiger partial charge in [0.2, 0.25) is 0 Å². The molecule has 2 N–H and O–H groups in total. The Morgan fingerprint density at radius 3 is 2.47 bits per heavy atom. The van der Waals surface area contributed by atoms with Gasteiger partial charge in [0.25, 0.3) is 0 Å². The van der Waals surface area contributed by atoms with E-state index in [0.717, 1.165) is 12.4 Å². The number of nitrogens with zero attached hydrogens (tertiary/aromatic N) is 2. The van der Waals surface area contributed by atoms with Crippen molar-refractivity contribution in [3.63, 3.8) is 0 Å². The molecular weight excluding hydrogens is 242 g/mol. The molecule has 0 aromatic carbocycles. The Bertz CT molecular complexity index is 444. The van der Waals surface area contributed by atoms with Crippen molar-refractivity contribution >= 4 is 11.8 Å². The first-order valence-corrected chi connectivity index (χ1v) is 6.43. The van der Waals surface area contributed by atoms with E-state index in [0.29, 0.717) is 11.6 Å². The van der Waals surface area contributed by atoms with Crippen molar-refractivity contribution in [3.05, 3.63) is 23.4 Å². The molecule has 5 heteroatoms. The highest BCUT2D eigenvalue weighted by Crippen LogP contribution is 2.14. The van der Waals surface area contributed by atoms with Gasteiger partial charge in [-0.15, -0.1) is 0 Å². The third-order valence-electron chi connectivity index (χ3n) is 3.02. The van der Waals surface area contributed by atoms with Crippen molar-refractivity contribution in [1.82, 2.24) is 9.88 Å². The van der Waals surface area contributed by atoms with E-state index < -0.39 is 5.97 Å². The van der Waals surface area contributed by atoms with Crippen molar-refractivity contribution in [1.29, 1.82) is 0 Å². The molecule has 0 bridgehead atoms. The second-order valence-corrected chi connectivity index (χ2v) is 5.39. The minimum absolute atomic E-state index is 0.249. The van der Waals surface area contributed by atoms with Crippen molar-refractivity contribution in [2.45, 2.75) is 26.8 Å². The summed E-state index contributed by atoms with van der Waals surface area (Å²) < 4.78 is 0. The zero-order valence-corrected chi connectivity index (χ0v) is 12.3. The van der Waals surface area contributed by atoms with Gasteiger partial charge in [0.05, 0.1) is 11.3 Å². The first-order valence-electron chi connectivity index (χ1n) is 6.43. The lowest BCUT2D eigenvalue weighted by molar-refractivity contribution is 0.0695. The van der Waals surface area contributed by atoms with E-state index in [-0.39, 0.29) is 11.6 Å². The Hall–Kier alpha value is -1.62. The van der Waals surface area contributed by atoms with Gasteiger partial charge in [-0.25, -0.2) is 9.78 Å². The minimum Gasteiger partial charge on any atom is -0.478 e. The number of hydrogen-bond donors (Lipinski definition) is 2. The average molecular weight is 265 g/mol. The second-order valence-electron chi connectivity index (χ2n) is 5.39. The molecule has 1 unspecified atom stereocenters. The van der Waals surface area contributed by atoms with Crippen molar-refractivity contribution in [2.75, 3.05) is 26.0 Å². The second kappa shape index (κ2) is 6.52. The lowest BCUT2D eigenvalue weighted by atomic mass is 10.0. The molecule has 0 aliphatic rings. The Balaban J connectivity index is 2.85. The zero-order chi connectivity index (χ0) is 14.6. The third-order valence-corrected chi connectivity index (χ3v) is 3.02. The molecule has 0 aliphatic carbocycles. The van der Waals surface area contributed by atoms with E-state index in [4.69, 9.17) is 5.11 Å². The van der Waals surface area contributed by atoms with Crippen LogP contribution in [0.3, 0.4) is 0 Å². The highest BCUT2D eigenvalue weighted by atomic mass is 16.4. The molecule has 1 heterocycles. The molecule has 1 aromatic rings. The maximum absolute atomic E-state index is 10.9. The Kier molecular flexibility index (Phi) is 5.30. The van der Waals surface area contributed by atoms with Crippen LogP contribution in [0.5, 0.6) is 0 Å². The highest BCUT2D eigenvalue weighted by molar-refractivity contribution is 5.89. The molecule has 0 aliphatic heterocycles. The Morgan fingerprint density at radius 2 is 2.05 bits per heavy atom. The van der Waals surface area contributed by atoms with Crippen molar-refractivity contribution < 1.29 is 9.90 Å². The average Bonchev–Trinajstić information content (AvgIpc) is 2.26. The summed E-state index contributed by atoms with van der Waals surface area (Å²) in [6.45, 7) is 6.92.